The van der Waals surface area contributed by atoms with Gasteiger partial charge in [0, 0.05) is 5.02 Å². The molecule has 0 aliphatic rings. The highest BCUT2D eigenvalue weighted by atomic mass is 35.5. The van der Waals surface area contributed by atoms with E-state index in [1.54, 1.807) is 24.3 Å². The number of carbonyl (C=O) groups is 2. The third kappa shape index (κ3) is 5.93. The minimum atomic E-state index is -0.627. The van der Waals surface area contributed by atoms with Crippen molar-refractivity contribution in [2.45, 2.75) is 13.0 Å². The Morgan fingerprint density at radius 1 is 1.08 bits per heavy atom. The van der Waals surface area contributed by atoms with Gasteiger partial charge in [-0.1, -0.05) is 48.0 Å². The molecule has 0 spiro atoms. The third-order valence-electron chi connectivity index (χ3n) is 3.19. The molecule has 1 atom stereocenters. The molecule has 2 rings (SSSR count). The molecule has 126 valence electrons. The normalized spacial score (nSPS) is 11.4. The number of halogens is 1. The van der Waals surface area contributed by atoms with Crippen LogP contribution in [0.1, 0.15) is 18.5 Å². The van der Waals surface area contributed by atoms with Gasteiger partial charge >= 0.3 is 5.97 Å². The van der Waals surface area contributed by atoms with E-state index in [-0.39, 0.29) is 25.2 Å². The minimum Gasteiger partial charge on any atom is -0.482 e. The van der Waals surface area contributed by atoms with Crippen molar-refractivity contribution >= 4 is 23.5 Å². The number of amides is 1. The van der Waals surface area contributed by atoms with Crippen molar-refractivity contribution in [3.63, 3.8) is 0 Å². The van der Waals surface area contributed by atoms with Crippen LogP contribution in [-0.2, 0) is 14.3 Å². The van der Waals surface area contributed by atoms with Crippen LogP contribution in [0.25, 0.3) is 0 Å². The van der Waals surface area contributed by atoms with E-state index in [0.717, 1.165) is 5.56 Å². The first-order chi connectivity index (χ1) is 11.5. The Hall–Kier alpha value is -2.53. The van der Waals surface area contributed by atoms with Crippen LogP contribution in [0.4, 0.5) is 0 Å². The van der Waals surface area contributed by atoms with Crippen LogP contribution in [-0.4, -0.2) is 25.1 Å². The lowest BCUT2D eigenvalue weighted by molar-refractivity contribution is -0.150. The van der Waals surface area contributed by atoms with Crippen LogP contribution < -0.4 is 10.1 Å². The molecule has 0 radical (unpaired) electrons. The Balaban J connectivity index is 1.70. The summed E-state index contributed by atoms with van der Waals surface area (Å²) >= 11 is 5.81. The second-order valence-electron chi connectivity index (χ2n) is 5.11. The summed E-state index contributed by atoms with van der Waals surface area (Å²) in [6, 6.07) is 16.0. The number of carbonyl (C=O) groups excluding carboxylic acids is 2. The van der Waals surface area contributed by atoms with E-state index < -0.39 is 5.97 Å². The maximum absolute atomic E-state index is 11.8. The molecule has 0 saturated carbocycles. The molecular weight excluding hydrogens is 330 g/mol. The van der Waals surface area contributed by atoms with Gasteiger partial charge in [0.25, 0.3) is 5.91 Å². The van der Waals surface area contributed by atoms with Crippen LogP contribution in [0.2, 0.25) is 5.02 Å². The predicted molar refractivity (Wildman–Crippen MR) is 90.9 cm³/mol. The molecule has 2 aromatic rings. The summed E-state index contributed by atoms with van der Waals surface area (Å²) in [5.74, 6) is -0.540. The first-order valence-corrected chi connectivity index (χ1v) is 7.80. The summed E-state index contributed by atoms with van der Waals surface area (Å²) in [7, 11) is 0. The maximum atomic E-state index is 11.8. The molecule has 2 aromatic carbocycles. The van der Waals surface area contributed by atoms with Gasteiger partial charge in [-0.25, -0.2) is 4.79 Å². The van der Waals surface area contributed by atoms with Gasteiger partial charge in [0.05, 0.1) is 6.04 Å². The number of benzene rings is 2. The monoisotopic (exact) mass is 347 g/mol. The minimum absolute atomic E-state index is 0.167. The molecule has 0 saturated heterocycles. The fourth-order valence-electron chi connectivity index (χ4n) is 1.99. The molecular formula is C18H18ClNO4. The zero-order valence-electron chi connectivity index (χ0n) is 13.2. The quantitative estimate of drug-likeness (QED) is 0.781. The van der Waals surface area contributed by atoms with Crippen molar-refractivity contribution in [3.8, 4) is 5.75 Å². The molecule has 1 N–H and O–H groups in total. The zero-order chi connectivity index (χ0) is 17.4. The van der Waals surface area contributed by atoms with E-state index in [1.165, 1.54) is 0 Å². The first kappa shape index (κ1) is 17.8. The lowest BCUT2D eigenvalue weighted by Crippen LogP contribution is -2.31. The Morgan fingerprint density at radius 3 is 2.54 bits per heavy atom. The molecule has 0 heterocycles. The predicted octanol–water partition coefficient (Wildman–Crippen LogP) is 3.14. The van der Waals surface area contributed by atoms with Gasteiger partial charge < -0.3 is 14.8 Å². The molecule has 0 aliphatic heterocycles. The fraction of sp³-hybridized carbons (Fsp3) is 0.222. The zero-order valence-corrected chi connectivity index (χ0v) is 14.0. The van der Waals surface area contributed by atoms with Crippen molar-refractivity contribution < 1.29 is 19.1 Å². The molecule has 0 aromatic heterocycles. The van der Waals surface area contributed by atoms with Crippen molar-refractivity contribution in [1.29, 1.82) is 0 Å². The lowest BCUT2D eigenvalue weighted by Gasteiger charge is -2.14. The summed E-state index contributed by atoms with van der Waals surface area (Å²) in [5, 5.41) is 3.27. The van der Waals surface area contributed by atoms with Crippen molar-refractivity contribution in [3.05, 3.63) is 65.2 Å². The summed E-state index contributed by atoms with van der Waals surface area (Å²) in [4.78, 5) is 23.4. The fourth-order valence-corrected chi connectivity index (χ4v) is 2.18. The number of esters is 1. The molecule has 24 heavy (non-hydrogen) atoms. The van der Waals surface area contributed by atoms with Gasteiger partial charge in [-0.2, -0.15) is 0 Å². The van der Waals surface area contributed by atoms with Crippen molar-refractivity contribution in [1.82, 2.24) is 5.32 Å². The number of nitrogens with one attached hydrogen (secondary N) is 1. The third-order valence-corrected chi connectivity index (χ3v) is 3.43. The SMILES string of the molecule is C[C@@H](NC(=O)COC(=O)COc1cccc(Cl)c1)c1ccccc1. The largest absolute Gasteiger partial charge is 0.482 e. The Morgan fingerprint density at radius 2 is 1.83 bits per heavy atom. The molecule has 0 unspecified atom stereocenters. The summed E-state index contributed by atoms with van der Waals surface area (Å²) < 4.78 is 10.1. The van der Waals surface area contributed by atoms with Crippen molar-refractivity contribution in [2.75, 3.05) is 13.2 Å². The average Bonchev–Trinajstić information content (AvgIpc) is 2.59. The van der Waals surface area contributed by atoms with Crippen LogP contribution in [0.5, 0.6) is 5.75 Å². The van der Waals surface area contributed by atoms with E-state index in [0.29, 0.717) is 10.8 Å². The van der Waals surface area contributed by atoms with Crippen molar-refractivity contribution in [2.24, 2.45) is 0 Å². The van der Waals surface area contributed by atoms with E-state index in [9.17, 15) is 9.59 Å². The molecule has 0 aliphatic carbocycles. The van der Waals surface area contributed by atoms with E-state index in [2.05, 4.69) is 5.32 Å². The lowest BCUT2D eigenvalue weighted by atomic mass is 10.1. The van der Waals surface area contributed by atoms with Gasteiger partial charge in [0.15, 0.2) is 13.2 Å². The topological polar surface area (TPSA) is 64.6 Å². The van der Waals surface area contributed by atoms with Gasteiger partial charge in [-0.05, 0) is 30.7 Å². The summed E-state index contributed by atoms with van der Waals surface area (Å²) in [5.41, 5.74) is 0.974. The Kier molecular flexibility index (Phi) is 6.63. The highest BCUT2D eigenvalue weighted by molar-refractivity contribution is 6.30. The van der Waals surface area contributed by atoms with Gasteiger partial charge in [-0.15, -0.1) is 0 Å². The highest BCUT2D eigenvalue weighted by Gasteiger charge is 2.12. The van der Waals surface area contributed by atoms with Crippen LogP contribution in [0.15, 0.2) is 54.6 Å². The van der Waals surface area contributed by atoms with Gasteiger partial charge in [0.1, 0.15) is 5.75 Å². The number of hydrogen-bond acceptors (Lipinski definition) is 4. The smallest absolute Gasteiger partial charge is 0.344 e. The molecule has 6 heteroatoms. The molecule has 0 bridgehead atoms. The highest BCUT2D eigenvalue weighted by Crippen LogP contribution is 2.17. The summed E-state index contributed by atoms with van der Waals surface area (Å²) in [6.45, 7) is 1.22. The maximum Gasteiger partial charge on any atom is 0.344 e. The second kappa shape index (κ2) is 8.93. The van der Waals surface area contributed by atoms with E-state index in [4.69, 9.17) is 21.1 Å². The Bertz CT molecular complexity index is 690. The number of hydrogen-bond donors (Lipinski definition) is 1. The van der Waals surface area contributed by atoms with E-state index >= 15 is 0 Å². The van der Waals surface area contributed by atoms with Crippen LogP contribution >= 0.6 is 11.6 Å². The molecule has 5 nitrogen and oxygen atoms in total. The Labute approximate surface area is 145 Å². The first-order valence-electron chi connectivity index (χ1n) is 7.43. The average molecular weight is 348 g/mol. The van der Waals surface area contributed by atoms with Crippen LogP contribution in [0, 0.1) is 0 Å². The van der Waals surface area contributed by atoms with E-state index in [1.807, 2.05) is 37.3 Å². The van der Waals surface area contributed by atoms with Gasteiger partial charge in [-0.3, -0.25) is 4.79 Å². The second-order valence-corrected chi connectivity index (χ2v) is 5.54. The standard InChI is InChI=1S/C18H18ClNO4/c1-13(14-6-3-2-4-7-14)20-17(21)11-24-18(22)12-23-16-9-5-8-15(19)10-16/h2-10,13H,11-12H2,1H3,(H,20,21)/t13-/m1/s1. The number of rotatable bonds is 7. The number of ether oxygens (including phenoxy) is 2. The van der Waals surface area contributed by atoms with Gasteiger partial charge in [0.2, 0.25) is 0 Å². The van der Waals surface area contributed by atoms with Crippen LogP contribution in [0.3, 0.4) is 0 Å². The molecule has 1 amide bonds. The summed E-state index contributed by atoms with van der Waals surface area (Å²) in [6.07, 6.45) is 0. The molecule has 0 fully saturated rings.